The molecule has 0 bridgehead atoms. The van der Waals surface area contributed by atoms with Crippen LogP contribution < -0.4 is 20.4 Å². The molecular weight excluding hydrogens is 953 g/mol. The maximum Gasteiger partial charge on any atom is 0.336 e. The summed E-state index contributed by atoms with van der Waals surface area (Å²) in [5.74, 6) is -14.6. The first-order valence-corrected chi connectivity index (χ1v) is 8.65. The SMILES string of the molecule is O=C([O-])c1cc(C(=O)O)c(C(=O)O)cc1C(=O)[O-].O=C([O-])c1cc(C(=O)O)c(C(=O)O)cc1C(=O)[O-].[OH-].[OH-].[OH-].[OH-].[Zn].[Zn].[Zn].[Zn].[Zn].[Zn]. The van der Waals surface area contributed by atoms with Gasteiger partial charge in [-0.25, -0.2) is 19.2 Å². The van der Waals surface area contributed by atoms with E-state index in [0.29, 0.717) is 24.3 Å². The summed E-state index contributed by atoms with van der Waals surface area (Å²) in [6.45, 7) is 0. The number of hydrogen-bond donors (Lipinski definition) is 4. The van der Waals surface area contributed by atoms with Crippen LogP contribution in [0.25, 0.3) is 0 Å². The summed E-state index contributed by atoms with van der Waals surface area (Å²) in [7, 11) is 0. The minimum Gasteiger partial charge on any atom is -0.870 e. The van der Waals surface area contributed by atoms with Crippen LogP contribution in [-0.2, 0) is 117 Å². The van der Waals surface area contributed by atoms with Gasteiger partial charge in [0.2, 0.25) is 0 Å². The summed E-state index contributed by atoms with van der Waals surface area (Å²) in [6, 6.07) is 1.64. The number of carbonyl (C=O) groups excluding carboxylic acids is 4. The standard InChI is InChI=1S/2C10H6O8.4H2O.6Zn/c2*11-7(12)3-1-4(8(13)14)6(10(17)18)2-5(3)9(15)16;;;;;;;;;;/h2*1-2H,(H,11,12)(H,13,14)(H,15,16)(H,17,18);4*1H2;;;;;;/p-8. The van der Waals surface area contributed by atoms with Crippen molar-refractivity contribution in [3.8, 4) is 0 Å². The summed E-state index contributed by atoms with van der Waals surface area (Å²) >= 11 is 0. The zero-order valence-corrected chi connectivity index (χ0v) is 40.8. The van der Waals surface area contributed by atoms with Crippen molar-refractivity contribution in [2.75, 3.05) is 0 Å². The van der Waals surface area contributed by atoms with Crippen LogP contribution in [0.2, 0.25) is 0 Å². The van der Waals surface area contributed by atoms with Crippen molar-refractivity contribution in [3.63, 3.8) is 0 Å². The predicted molar refractivity (Wildman–Crippen MR) is 106 cm³/mol. The number of hydrogen-bond acceptors (Lipinski definition) is 16. The molecular formula is C20H12O20Zn6-8. The molecule has 0 amide bonds. The first-order chi connectivity index (χ1) is 16.5. The van der Waals surface area contributed by atoms with Gasteiger partial charge in [-0.1, -0.05) is 0 Å². The van der Waals surface area contributed by atoms with Crippen molar-refractivity contribution in [1.29, 1.82) is 0 Å². The minimum absolute atomic E-state index is 0. The smallest absolute Gasteiger partial charge is 0.336 e. The molecule has 0 aliphatic carbocycles. The fourth-order valence-corrected chi connectivity index (χ4v) is 2.58. The molecule has 0 aromatic heterocycles. The number of carbonyl (C=O) groups is 8. The van der Waals surface area contributed by atoms with E-state index < -0.39 is 92.3 Å². The number of carboxylic acid groups (broad SMARTS) is 8. The molecule has 0 spiro atoms. The fraction of sp³-hybridized carbons (Fsp3) is 0. The molecule has 0 fully saturated rings. The molecule has 2 aromatic carbocycles. The van der Waals surface area contributed by atoms with Gasteiger partial charge in [0.05, 0.1) is 46.1 Å². The van der Waals surface area contributed by atoms with Crippen LogP contribution >= 0.6 is 0 Å². The molecule has 20 nitrogen and oxygen atoms in total. The third-order valence-corrected chi connectivity index (χ3v) is 4.12. The van der Waals surface area contributed by atoms with Gasteiger partial charge in [-0.3, -0.25) is 0 Å². The average molecular weight is 965 g/mol. The summed E-state index contributed by atoms with van der Waals surface area (Å²) in [5.41, 5.74) is -7.26. The maximum atomic E-state index is 10.7. The van der Waals surface area contributed by atoms with E-state index in [1.165, 1.54) is 0 Å². The summed E-state index contributed by atoms with van der Waals surface area (Å²) in [5, 5.41) is 77.4. The van der Waals surface area contributed by atoms with Gasteiger partial charge in [0.15, 0.2) is 0 Å². The number of aromatic carboxylic acids is 8. The van der Waals surface area contributed by atoms with E-state index in [1.807, 2.05) is 0 Å². The Morgan fingerprint density at radius 3 is 0.500 bits per heavy atom. The molecule has 0 atom stereocenters. The first-order valence-electron chi connectivity index (χ1n) is 8.65. The molecule has 0 aliphatic heterocycles. The molecule has 26 heteroatoms. The molecule has 0 aliphatic rings. The molecule has 2 aromatic rings. The van der Waals surface area contributed by atoms with Crippen molar-refractivity contribution in [2.24, 2.45) is 0 Å². The van der Waals surface area contributed by atoms with Crippen LogP contribution in [0.15, 0.2) is 24.3 Å². The van der Waals surface area contributed by atoms with Crippen molar-refractivity contribution < 1.29 is 218 Å². The Balaban J connectivity index is -0.0000000579. The largest absolute Gasteiger partial charge is 0.870 e. The van der Waals surface area contributed by atoms with E-state index in [-0.39, 0.29) is 139 Å². The molecule has 46 heavy (non-hydrogen) atoms. The normalized spacial score (nSPS) is 7.65. The Hall–Kier alpha value is -2.22. The van der Waals surface area contributed by atoms with E-state index >= 15 is 0 Å². The van der Waals surface area contributed by atoms with E-state index in [4.69, 9.17) is 20.4 Å². The van der Waals surface area contributed by atoms with E-state index in [0.717, 1.165) is 0 Å². The van der Waals surface area contributed by atoms with Crippen LogP contribution in [0.3, 0.4) is 0 Å². The second kappa shape index (κ2) is 30.1. The molecule has 0 radical (unpaired) electrons. The Labute approximate surface area is 331 Å². The van der Waals surface area contributed by atoms with Gasteiger partial charge in [0, 0.05) is 139 Å². The number of rotatable bonds is 8. The zero-order valence-electron chi connectivity index (χ0n) is 23.0. The Morgan fingerprint density at radius 2 is 0.435 bits per heavy atom. The molecule has 2 rings (SSSR count). The third kappa shape index (κ3) is 18.2. The van der Waals surface area contributed by atoms with Gasteiger partial charge >= 0.3 is 23.9 Å². The van der Waals surface area contributed by atoms with Crippen molar-refractivity contribution >= 4 is 47.8 Å². The molecule has 0 unspecified atom stereocenters. The van der Waals surface area contributed by atoms with Crippen LogP contribution in [0.1, 0.15) is 82.9 Å². The topological polar surface area (TPSA) is 430 Å². The Morgan fingerprint density at radius 1 is 0.326 bits per heavy atom. The van der Waals surface area contributed by atoms with Gasteiger partial charge in [0.25, 0.3) is 0 Å². The summed E-state index contributed by atoms with van der Waals surface area (Å²) < 4.78 is 0. The monoisotopic (exact) mass is 956 g/mol. The molecule has 232 valence electrons. The van der Waals surface area contributed by atoms with Gasteiger partial charge in [-0.05, 0) is 24.3 Å². The van der Waals surface area contributed by atoms with Crippen molar-refractivity contribution in [1.82, 2.24) is 0 Å². The summed E-state index contributed by atoms with van der Waals surface area (Å²) in [4.78, 5) is 85.5. The fourth-order valence-electron chi connectivity index (χ4n) is 2.58. The first kappa shape index (κ1) is 70.2. The van der Waals surface area contributed by atoms with E-state index in [1.54, 1.807) is 0 Å². The third-order valence-electron chi connectivity index (χ3n) is 4.12. The summed E-state index contributed by atoms with van der Waals surface area (Å²) in [6.07, 6.45) is 0. The molecule has 0 saturated carbocycles. The zero-order chi connectivity index (χ0) is 28.1. The Bertz CT molecular complexity index is 1080. The molecule has 8 N–H and O–H groups in total. The van der Waals surface area contributed by atoms with Crippen molar-refractivity contribution in [2.45, 2.75) is 0 Å². The molecule has 0 heterocycles. The van der Waals surface area contributed by atoms with E-state index in [9.17, 15) is 58.8 Å². The number of benzene rings is 2. The van der Waals surface area contributed by atoms with E-state index in [2.05, 4.69) is 0 Å². The minimum atomic E-state index is -1.95. The molecule has 0 saturated heterocycles. The Kier molecular flexibility index (Phi) is 46.0. The quantitative estimate of drug-likeness (QED) is 0.180. The van der Waals surface area contributed by atoms with Crippen LogP contribution in [0.4, 0.5) is 0 Å². The van der Waals surface area contributed by atoms with Gasteiger partial charge in [-0.2, -0.15) is 0 Å². The average Bonchev–Trinajstić information content (AvgIpc) is 2.76. The number of carboxylic acids is 8. The van der Waals surface area contributed by atoms with Gasteiger partial charge in [0.1, 0.15) is 0 Å². The second-order valence-corrected chi connectivity index (χ2v) is 6.26. The predicted octanol–water partition coefficient (Wildman–Crippen LogP) is -5.10. The maximum absolute atomic E-state index is 10.7. The van der Waals surface area contributed by atoms with Gasteiger partial charge in [-0.15, -0.1) is 0 Å². The van der Waals surface area contributed by atoms with Crippen LogP contribution in [-0.4, -0.2) is 90.1 Å². The van der Waals surface area contributed by atoms with Crippen molar-refractivity contribution in [3.05, 3.63) is 68.8 Å². The van der Waals surface area contributed by atoms with Crippen LogP contribution in [0, 0.1) is 0 Å². The second-order valence-electron chi connectivity index (χ2n) is 6.26. The van der Waals surface area contributed by atoms with Gasteiger partial charge < -0.3 is 81.9 Å². The van der Waals surface area contributed by atoms with Crippen LogP contribution in [0.5, 0.6) is 0 Å².